The van der Waals surface area contributed by atoms with Crippen LogP contribution in [-0.2, 0) is 13.5 Å². The van der Waals surface area contributed by atoms with E-state index < -0.39 is 0 Å². The lowest BCUT2D eigenvalue weighted by Crippen LogP contribution is -2.28. The van der Waals surface area contributed by atoms with Gasteiger partial charge in [0.15, 0.2) is 0 Å². The zero-order valence-electron chi connectivity index (χ0n) is 9.92. The number of aryl methyl sites for hydroxylation is 3. The maximum atomic E-state index is 5.58. The van der Waals surface area contributed by atoms with Gasteiger partial charge in [0.25, 0.3) is 0 Å². The van der Waals surface area contributed by atoms with Crippen molar-refractivity contribution in [1.29, 1.82) is 0 Å². The Morgan fingerprint density at radius 2 is 2.41 bits per heavy atom. The van der Waals surface area contributed by atoms with E-state index in [1.807, 2.05) is 26.4 Å². The molecule has 2 aromatic rings. The molecule has 3 N–H and O–H groups in total. The number of hydrazine groups is 1. The van der Waals surface area contributed by atoms with Crippen LogP contribution in [0.4, 0.5) is 0 Å². The molecule has 6 nitrogen and oxygen atoms in total. The number of hydrogen-bond donors (Lipinski definition) is 2. The molecule has 1 unspecified atom stereocenters. The molecule has 0 saturated heterocycles. The molecule has 2 heterocycles. The molecular formula is C10H16N6S. The van der Waals surface area contributed by atoms with Crippen molar-refractivity contribution in [2.45, 2.75) is 25.8 Å². The Labute approximate surface area is 104 Å². The second-order valence-corrected chi connectivity index (χ2v) is 4.79. The number of nitrogens with zero attached hydrogens (tertiary/aromatic N) is 4. The van der Waals surface area contributed by atoms with Crippen molar-refractivity contribution >= 4 is 11.5 Å². The summed E-state index contributed by atoms with van der Waals surface area (Å²) in [5, 5.41) is 8.14. The molecule has 0 spiro atoms. The van der Waals surface area contributed by atoms with Crippen molar-refractivity contribution in [3.63, 3.8) is 0 Å². The molecule has 0 aliphatic carbocycles. The largest absolute Gasteiger partial charge is 0.276 e. The molecule has 0 saturated carbocycles. The summed E-state index contributed by atoms with van der Waals surface area (Å²) < 4.78 is 5.73. The molecule has 92 valence electrons. The second-order valence-electron chi connectivity index (χ2n) is 4.00. The molecule has 1 atom stereocenters. The quantitative estimate of drug-likeness (QED) is 0.605. The SMILES string of the molecule is Cc1nnsc1C(CCc1cnn(C)c1)NN. The summed E-state index contributed by atoms with van der Waals surface area (Å²) >= 11 is 1.40. The first-order valence-corrected chi connectivity index (χ1v) is 6.20. The summed E-state index contributed by atoms with van der Waals surface area (Å²) in [4.78, 5) is 1.11. The van der Waals surface area contributed by atoms with Crippen LogP contribution in [0.15, 0.2) is 12.4 Å². The molecule has 0 fully saturated rings. The fourth-order valence-electron chi connectivity index (χ4n) is 1.76. The van der Waals surface area contributed by atoms with Gasteiger partial charge in [-0.25, -0.2) is 0 Å². The van der Waals surface area contributed by atoms with E-state index in [4.69, 9.17) is 5.84 Å². The van der Waals surface area contributed by atoms with Crippen molar-refractivity contribution in [3.8, 4) is 0 Å². The van der Waals surface area contributed by atoms with Crippen LogP contribution in [0.25, 0.3) is 0 Å². The third kappa shape index (κ3) is 2.87. The predicted molar refractivity (Wildman–Crippen MR) is 66.2 cm³/mol. The minimum Gasteiger partial charge on any atom is -0.276 e. The van der Waals surface area contributed by atoms with Gasteiger partial charge in [-0.3, -0.25) is 16.0 Å². The first kappa shape index (κ1) is 12.2. The zero-order chi connectivity index (χ0) is 12.3. The van der Waals surface area contributed by atoms with Crippen LogP contribution in [-0.4, -0.2) is 19.4 Å². The predicted octanol–water partition coefficient (Wildman–Crippen LogP) is 0.717. The van der Waals surface area contributed by atoms with Gasteiger partial charge in [-0.1, -0.05) is 4.49 Å². The van der Waals surface area contributed by atoms with E-state index >= 15 is 0 Å². The fourth-order valence-corrected chi connectivity index (χ4v) is 2.50. The molecule has 0 amide bonds. The Balaban J connectivity index is 1.99. The summed E-state index contributed by atoms with van der Waals surface area (Å²) in [6.45, 7) is 1.95. The van der Waals surface area contributed by atoms with Crippen molar-refractivity contribution in [3.05, 3.63) is 28.5 Å². The molecule has 2 rings (SSSR count). The highest BCUT2D eigenvalue weighted by molar-refractivity contribution is 7.05. The average molecular weight is 252 g/mol. The van der Waals surface area contributed by atoms with Crippen LogP contribution in [0, 0.1) is 6.92 Å². The Hall–Kier alpha value is -1.31. The molecule has 0 aliphatic rings. The molecule has 7 heteroatoms. The van der Waals surface area contributed by atoms with Gasteiger partial charge < -0.3 is 0 Å². The van der Waals surface area contributed by atoms with E-state index in [9.17, 15) is 0 Å². The van der Waals surface area contributed by atoms with Crippen LogP contribution in [0.2, 0.25) is 0 Å². The van der Waals surface area contributed by atoms with Gasteiger partial charge in [-0.15, -0.1) is 5.10 Å². The van der Waals surface area contributed by atoms with Gasteiger partial charge in [0.05, 0.1) is 22.8 Å². The molecular weight excluding hydrogens is 236 g/mol. The number of nitrogens with one attached hydrogen (secondary N) is 1. The molecule has 2 aromatic heterocycles. The van der Waals surface area contributed by atoms with Crippen molar-refractivity contribution in [2.75, 3.05) is 0 Å². The van der Waals surface area contributed by atoms with E-state index in [2.05, 4.69) is 20.1 Å². The molecule has 0 bridgehead atoms. The van der Waals surface area contributed by atoms with Crippen LogP contribution in [0.1, 0.15) is 28.6 Å². The highest BCUT2D eigenvalue weighted by Crippen LogP contribution is 2.23. The normalized spacial score (nSPS) is 12.9. The third-order valence-electron chi connectivity index (χ3n) is 2.68. The van der Waals surface area contributed by atoms with E-state index in [1.165, 1.54) is 17.1 Å². The van der Waals surface area contributed by atoms with Gasteiger partial charge in [0.1, 0.15) is 0 Å². The third-order valence-corrected chi connectivity index (χ3v) is 3.62. The Morgan fingerprint density at radius 1 is 1.59 bits per heavy atom. The van der Waals surface area contributed by atoms with Gasteiger partial charge in [0.2, 0.25) is 0 Å². The summed E-state index contributed by atoms with van der Waals surface area (Å²) in [7, 11) is 1.92. The highest BCUT2D eigenvalue weighted by atomic mass is 32.1. The molecule has 0 aliphatic heterocycles. The van der Waals surface area contributed by atoms with Gasteiger partial charge >= 0.3 is 0 Å². The Kier molecular flexibility index (Phi) is 3.82. The van der Waals surface area contributed by atoms with E-state index in [-0.39, 0.29) is 6.04 Å². The number of aromatic nitrogens is 4. The van der Waals surface area contributed by atoms with Crippen LogP contribution >= 0.6 is 11.5 Å². The monoisotopic (exact) mass is 252 g/mol. The fraction of sp³-hybridized carbons (Fsp3) is 0.500. The molecule has 0 aromatic carbocycles. The minimum absolute atomic E-state index is 0.107. The summed E-state index contributed by atoms with van der Waals surface area (Å²) in [5.41, 5.74) is 4.98. The standard InChI is InChI=1S/C10H16N6S/c1-7-10(17-15-14-7)9(13-11)4-3-8-5-12-16(2)6-8/h5-6,9,13H,3-4,11H2,1-2H3. The van der Waals surface area contributed by atoms with Crippen molar-refractivity contribution in [2.24, 2.45) is 12.9 Å². The van der Waals surface area contributed by atoms with Crippen LogP contribution in [0.5, 0.6) is 0 Å². The lowest BCUT2D eigenvalue weighted by Gasteiger charge is -2.13. The lowest BCUT2D eigenvalue weighted by molar-refractivity contribution is 0.521. The van der Waals surface area contributed by atoms with E-state index in [1.54, 1.807) is 4.68 Å². The van der Waals surface area contributed by atoms with Gasteiger partial charge in [-0.2, -0.15) is 5.10 Å². The Bertz CT molecular complexity index is 477. The maximum absolute atomic E-state index is 5.58. The van der Waals surface area contributed by atoms with Crippen LogP contribution in [0.3, 0.4) is 0 Å². The van der Waals surface area contributed by atoms with Gasteiger partial charge in [-0.05, 0) is 36.9 Å². The zero-order valence-corrected chi connectivity index (χ0v) is 10.7. The lowest BCUT2D eigenvalue weighted by atomic mass is 10.1. The maximum Gasteiger partial charge on any atom is 0.0773 e. The number of rotatable bonds is 5. The van der Waals surface area contributed by atoms with Crippen LogP contribution < -0.4 is 11.3 Å². The van der Waals surface area contributed by atoms with Crippen molar-refractivity contribution in [1.82, 2.24) is 24.8 Å². The number of nitrogens with two attached hydrogens (primary N) is 1. The summed E-state index contributed by atoms with van der Waals surface area (Å²) in [5.74, 6) is 5.58. The molecule has 0 radical (unpaired) electrons. The van der Waals surface area contributed by atoms with Gasteiger partial charge in [0, 0.05) is 13.2 Å². The smallest absolute Gasteiger partial charge is 0.0773 e. The van der Waals surface area contributed by atoms with E-state index in [0.29, 0.717) is 0 Å². The first-order chi connectivity index (χ1) is 8.20. The second kappa shape index (κ2) is 5.35. The number of hydrogen-bond acceptors (Lipinski definition) is 6. The summed E-state index contributed by atoms with van der Waals surface area (Å²) in [6, 6.07) is 0.107. The first-order valence-electron chi connectivity index (χ1n) is 5.43. The Morgan fingerprint density at radius 3 is 2.94 bits per heavy atom. The average Bonchev–Trinajstić information content (AvgIpc) is 2.90. The van der Waals surface area contributed by atoms with Crippen molar-refractivity contribution < 1.29 is 0 Å². The van der Waals surface area contributed by atoms with E-state index in [0.717, 1.165) is 23.4 Å². The summed E-state index contributed by atoms with van der Waals surface area (Å²) in [6.07, 6.45) is 5.74. The topological polar surface area (TPSA) is 81.7 Å². The molecule has 17 heavy (non-hydrogen) atoms. The minimum atomic E-state index is 0.107. The highest BCUT2D eigenvalue weighted by Gasteiger charge is 2.15.